The van der Waals surface area contributed by atoms with Crippen molar-refractivity contribution in [3.05, 3.63) is 48.2 Å². The van der Waals surface area contributed by atoms with Gasteiger partial charge in [0.2, 0.25) is 0 Å². The molecule has 0 spiro atoms. The van der Waals surface area contributed by atoms with Crippen molar-refractivity contribution in [1.82, 2.24) is 4.98 Å². The van der Waals surface area contributed by atoms with E-state index in [2.05, 4.69) is 48.3 Å². The van der Waals surface area contributed by atoms with Crippen LogP contribution >= 0.6 is 0 Å². The summed E-state index contributed by atoms with van der Waals surface area (Å²) in [6, 6.07) is 12.9. The first-order valence-electron chi connectivity index (χ1n) is 5.82. The molecule has 1 heterocycles. The van der Waals surface area contributed by atoms with E-state index in [1.54, 1.807) is 0 Å². The van der Waals surface area contributed by atoms with Crippen molar-refractivity contribution in [2.75, 3.05) is 0 Å². The van der Waals surface area contributed by atoms with Gasteiger partial charge in [-0.3, -0.25) is 0 Å². The monoisotopic (exact) mass is 211 g/mol. The summed E-state index contributed by atoms with van der Waals surface area (Å²) >= 11 is 0. The van der Waals surface area contributed by atoms with Gasteiger partial charge >= 0.3 is 0 Å². The van der Waals surface area contributed by atoms with Crippen molar-refractivity contribution in [3.8, 4) is 0 Å². The van der Waals surface area contributed by atoms with Crippen molar-refractivity contribution in [3.63, 3.8) is 0 Å². The minimum atomic E-state index is 1.22. The molecule has 1 heteroatoms. The molecule has 1 aromatic heterocycles. The van der Waals surface area contributed by atoms with E-state index >= 15 is 0 Å². The maximum atomic E-state index is 3.25. The number of rotatable bonds is 0. The number of aryl methyl sites for hydroxylation is 1. The van der Waals surface area contributed by atoms with Gasteiger partial charge in [0.05, 0.1) is 0 Å². The molecule has 1 nitrogen and oxygen atoms in total. The van der Waals surface area contributed by atoms with Crippen LogP contribution < -0.4 is 0 Å². The van der Waals surface area contributed by atoms with Crippen LogP contribution in [-0.4, -0.2) is 4.98 Å². The number of hydrogen-bond acceptors (Lipinski definition) is 0. The Kier molecular flexibility index (Phi) is 2.95. The van der Waals surface area contributed by atoms with Gasteiger partial charge in [-0.1, -0.05) is 38.1 Å². The second-order valence-electron chi connectivity index (χ2n) is 3.68. The fraction of sp³-hybridized carbons (Fsp3) is 0.200. The molecule has 16 heavy (non-hydrogen) atoms. The highest BCUT2D eigenvalue weighted by Gasteiger charge is 2.02. The highest BCUT2D eigenvalue weighted by Crippen LogP contribution is 2.27. The topological polar surface area (TPSA) is 15.8 Å². The van der Waals surface area contributed by atoms with E-state index < -0.39 is 0 Å². The molecule has 82 valence electrons. The number of aromatic amines is 1. The van der Waals surface area contributed by atoms with Gasteiger partial charge in [0.15, 0.2) is 0 Å². The number of nitrogens with one attached hydrogen (secondary N) is 1. The van der Waals surface area contributed by atoms with Crippen molar-refractivity contribution in [2.45, 2.75) is 20.8 Å². The van der Waals surface area contributed by atoms with Gasteiger partial charge < -0.3 is 4.98 Å². The summed E-state index contributed by atoms with van der Waals surface area (Å²) in [7, 11) is 0. The maximum absolute atomic E-state index is 3.25. The Morgan fingerprint density at radius 2 is 1.56 bits per heavy atom. The molecule has 3 aromatic rings. The van der Waals surface area contributed by atoms with Crippen LogP contribution in [-0.2, 0) is 0 Å². The van der Waals surface area contributed by atoms with Gasteiger partial charge in [0.25, 0.3) is 0 Å². The summed E-state index contributed by atoms with van der Waals surface area (Å²) in [5.41, 5.74) is 2.55. The molecule has 0 unspecified atom stereocenters. The molecule has 0 bridgehead atoms. The number of aromatic nitrogens is 1. The Labute approximate surface area is 96.1 Å². The van der Waals surface area contributed by atoms with Crippen LogP contribution in [0.3, 0.4) is 0 Å². The van der Waals surface area contributed by atoms with E-state index in [0.29, 0.717) is 0 Å². The SMILES string of the molecule is CC.Cc1cc2[nH]ccc2c2ccccc12. The van der Waals surface area contributed by atoms with Gasteiger partial charge in [-0.2, -0.15) is 0 Å². The van der Waals surface area contributed by atoms with Crippen LogP contribution in [0.25, 0.3) is 21.7 Å². The van der Waals surface area contributed by atoms with Crippen molar-refractivity contribution in [2.24, 2.45) is 0 Å². The first-order valence-corrected chi connectivity index (χ1v) is 5.82. The standard InChI is InChI=1S/C13H11N.C2H6/c1-9-8-13-12(6-7-14-13)11-5-3-2-4-10(9)11;1-2/h2-8,14H,1H3;1-2H3. The summed E-state index contributed by atoms with van der Waals surface area (Å²) in [6.45, 7) is 6.16. The minimum Gasteiger partial charge on any atom is -0.361 e. The second kappa shape index (κ2) is 4.40. The van der Waals surface area contributed by atoms with Crippen LogP contribution in [0.1, 0.15) is 19.4 Å². The number of benzene rings is 2. The van der Waals surface area contributed by atoms with Crippen molar-refractivity contribution < 1.29 is 0 Å². The zero-order chi connectivity index (χ0) is 11.5. The molecule has 0 atom stereocenters. The third kappa shape index (κ3) is 1.58. The van der Waals surface area contributed by atoms with Crippen LogP contribution in [0.4, 0.5) is 0 Å². The maximum Gasteiger partial charge on any atom is 0.0463 e. The predicted octanol–water partition coefficient (Wildman–Crippen LogP) is 4.66. The average Bonchev–Trinajstić information content (AvgIpc) is 2.80. The fourth-order valence-corrected chi connectivity index (χ4v) is 2.09. The molecule has 1 N–H and O–H groups in total. The van der Waals surface area contributed by atoms with Crippen molar-refractivity contribution in [1.29, 1.82) is 0 Å². The molecule has 0 radical (unpaired) electrons. The lowest BCUT2D eigenvalue weighted by Gasteiger charge is -2.03. The zero-order valence-electron chi connectivity index (χ0n) is 10.0. The van der Waals surface area contributed by atoms with Crippen molar-refractivity contribution >= 4 is 21.7 Å². The number of H-pyrrole nitrogens is 1. The molecule has 2 aromatic carbocycles. The third-order valence-corrected chi connectivity index (χ3v) is 2.78. The lowest BCUT2D eigenvalue weighted by atomic mass is 10.0. The number of hydrogen-bond donors (Lipinski definition) is 1. The molecule has 0 saturated carbocycles. The Morgan fingerprint density at radius 1 is 0.875 bits per heavy atom. The van der Waals surface area contributed by atoms with E-state index in [4.69, 9.17) is 0 Å². The minimum absolute atomic E-state index is 1.22. The molecular weight excluding hydrogens is 194 g/mol. The Bertz CT molecular complexity index is 605. The second-order valence-corrected chi connectivity index (χ2v) is 3.68. The largest absolute Gasteiger partial charge is 0.361 e. The van der Waals surface area contributed by atoms with Gasteiger partial charge in [-0.25, -0.2) is 0 Å². The van der Waals surface area contributed by atoms with E-state index in [1.165, 1.54) is 27.2 Å². The van der Waals surface area contributed by atoms with Gasteiger partial charge in [-0.05, 0) is 35.4 Å². The van der Waals surface area contributed by atoms with Gasteiger partial charge in [0, 0.05) is 17.1 Å². The lowest BCUT2D eigenvalue weighted by molar-refractivity contribution is 1.46. The smallest absolute Gasteiger partial charge is 0.0463 e. The van der Waals surface area contributed by atoms with Crippen LogP contribution in [0.5, 0.6) is 0 Å². The molecule has 0 aliphatic heterocycles. The van der Waals surface area contributed by atoms with Crippen LogP contribution in [0, 0.1) is 6.92 Å². The quantitative estimate of drug-likeness (QED) is 0.557. The van der Waals surface area contributed by atoms with Gasteiger partial charge in [-0.15, -0.1) is 0 Å². The summed E-state index contributed by atoms with van der Waals surface area (Å²) in [5.74, 6) is 0. The summed E-state index contributed by atoms with van der Waals surface area (Å²) < 4.78 is 0. The first-order chi connectivity index (χ1) is 7.86. The summed E-state index contributed by atoms with van der Waals surface area (Å²) in [4.78, 5) is 3.25. The molecule has 0 saturated heterocycles. The number of fused-ring (bicyclic) bond motifs is 3. The summed E-state index contributed by atoms with van der Waals surface area (Å²) in [5, 5.41) is 3.99. The van der Waals surface area contributed by atoms with E-state index in [-0.39, 0.29) is 0 Å². The highest BCUT2D eigenvalue weighted by atomic mass is 14.7. The average molecular weight is 211 g/mol. The normalized spacial score (nSPS) is 10.2. The Morgan fingerprint density at radius 3 is 2.31 bits per heavy atom. The molecule has 0 fully saturated rings. The van der Waals surface area contributed by atoms with E-state index in [1.807, 2.05) is 20.0 Å². The van der Waals surface area contributed by atoms with E-state index in [0.717, 1.165) is 0 Å². The highest BCUT2D eigenvalue weighted by molar-refractivity contribution is 6.07. The first kappa shape index (κ1) is 10.7. The third-order valence-electron chi connectivity index (χ3n) is 2.78. The fourth-order valence-electron chi connectivity index (χ4n) is 2.09. The Balaban J connectivity index is 0.000000457. The van der Waals surface area contributed by atoms with Gasteiger partial charge in [0.1, 0.15) is 0 Å². The zero-order valence-corrected chi connectivity index (χ0v) is 10.0. The molecule has 0 aliphatic carbocycles. The van der Waals surface area contributed by atoms with Crippen LogP contribution in [0.2, 0.25) is 0 Å². The molecule has 0 aliphatic rings. The predicted molar refractivity (Wildman–Crippen MR) is 71.9 cm³/mol. The van der Waals surface area contributed by atoms with E-state index in [9.17, 15) is 0 Å². The molecular formula is C15H17N. The molecule has 0 amide bonds. The summed E-state index contributed by atoms with van der Waals surface area (Å²) in [6.07, 6.45) is 2.00. The Hall–Kier alpha value is -1.76. The molecule has 3 rings (SSSR count). The lowest BCUT2D eigenvalue weighted by Crippen LogP contribution is -1.79. The van der Waals surface area contributed by atoms with Crippen LogP contribution in [0.15, 0.2) is 42.6 Å².